The molecule has 1 atom stereocenters. The zero-order valence-electron chi connectivity index (χ0n) is 11.5. The normalized spacial score (nSPS) is 19.7. The molecule has 2 rings (SSSR count). The highest BCUT2D eigenvalue weighted by molar-refractivity contribution is 9.10. The smallest absolute Gasteiger partial charge is 0.0698 e. The molecule has 0 aromatic carbocycles. The average molecular weight is 314 g/mol. The molecule has 1 fully saturated rings. The summed E-state index contributed by atoms with van der Waals surface area (Å²) in [6.07, 6.45) is 10.2. The first kappa shape index (κ1) is 14.1. The molecule has 1 heterocycles. The number of aryl methyl sites for hydroxylation is 1. The molecule has 0 radical (unpaired) electrons. The van der Waals surface area contributed by atoms with Crippen LogP contribution in [0, 0.1) is 5.92 Å². The molecule has 0 spiro atoms. The van der Waals surface area contributed by atoms with Crippen molar-refractivity contribution in [3.05, 3.63) is 16.4 Å². The van der Waals surface area contributed by atoms with Gasteiger partial charge in [-0.3, -0.25) is 4.68 Å². The van der Waals surface area contributed by atoms with E-state index >= 15 is 0 Å². The Hall–Kier alpha value is -0.350. The minimum Gasteiger partial charge on any atom is -0.311 e. The molecule has 1 saturated carbocycles. The van der Waals surface area contributed by atoms with Crippen LogP contribution in [0.15, 0.2) is 10.7 Å². The molecule has 1 aliphatic rings. The molecule has 1 aromatic rings. The van der Waals surface area contributed by atoms with Crippen molar-refractivity contribution < 1.29 is 0 Å². The summed E-state index contributed by atoms with van der Waals surface area (Å²) >= 11 is 3.66. The van der Waals surface area contributed by atoms with Crippen LogP contribution >= 0.6 is 15.9 Å². The fraction of sp³-hybridized carbons (Fsp3) is 0.786. The lowest BCUT2D eigenvalue weighted by atomic mass is 9.90. The van der Waals surface area contributed by atoms with Gasteiger partial charge in [0.2, 0.25) is 0 Å². The van der Waals surface area contributed by atoms with Crippen LogP contribution in [0.1, 0.15) is 57.2 Å². The predicted octanol–water partition coefficient (Wildman–Crippen LogP) is 3.90. The lowest BCUT2D eigenvalue weighted by molar-refractivity contribution is 0.323. The minimum absolute atomic E-state index is 0.430. The third kappa shape index (κ3) is 2.97. The number of nitrogens with zero attached hydrogens (tertiary/aromatic N) is 2. The molecular formula is C14H24BrN3. The maximum Gasteiger partial charge on any atom is 0.0698 e. The Morgan fingerprint density at radius 2 is 2.06 bits per heavy atom. The van der Waals surface area contributed by atoms with Crippen LogP contribution in [0.25, 0.3) is 0 Å². The molecule has 1 aromatic heterocycles. The largest absolute Gasteiger partial charge is 0.311 e. The van der Waals surface area contributed by atoms with Gasteiger partial charge in [0.15, 0.2) is 0 Å². The highest BCUT2D eigenvalue weighted by atomic mass is 79.9. The van der Waals surface area contributed by atoms with Crippen molar-refractivity contribution in [2.75, 3.05) is 7.05 Å². The third-order valence-electron chi connectivity index (χ3n) is 4.11. The van der Waals surface area contributed by atoms with Crippen molar-refractivity contribution in [2.24, 2.45) is 5.92 Å². The van der Waals surface area contributed by atoms with Crippen LogP contribution in [-0.4, -0.2) is 16.8 Å². The van der Waals surface area contributed by atoms with Crippen molar-refractivity contribution in [1.82, 2.24) is 15.1 Å². The first-order valence-electron chi connectivity index (χ1n) is 7.16. The van der Waals surface area contributed by atoms with E-state index in [9.17, 15) is 0 Å². The predicted molar refractivity (Wildman–Crippen MR) is 78.6 cm³/mol. The van der Waals surface area contributed by atoms with Gasteiger partial charge in [0.1, 0.15) is 0 Å². The molecule has 0 saturated heterocycles. The van der Waals surface area contributed by atoms with Crippen LogP contribution in [0.3, 0.4) is 0 Å². The number of rotatable bonds is 4. The van der Waals surface area contributed by atoms with E-state index in [1.807, 2.05) is 6.20 Å². The van der Waals surface area contributed by atoms with E-state index in [2.05, 4.69) is 45.0 Å². The van der Waals surface area contributed by atoms with Gasteiger partial charge in [-0.15, -0.1) is 0 Å². The summed E-state index contributed by atoms with van der Waals surface area (Å²) in [5.74, 6) is 0.746. The second-order valence-corrected chi connectivity index (χ2v) is 6.07. The van der Waals surface area contributed by atoms with Gasteiger partial charge < -0.3 is 5.32 Å². The number of halogens is 1. The Morgan fingerprint density at radius 1 is 1.39 bits per heavy atom. The Bertz CT molecular complexity index is 367. The molecule has 1 N–H and O–H groups in total. The van der Waals surface area contributed by atoms with Crippen molar-refractivity contribution in [2.45, 2.75) is 58.0 Å². The van der Waals surface area contributed by atoms with Crippen LogP contribution in [0.4, 0.5) is 0 Å². The summed E-state index contributed by atoms with van der Waals surface area (Å²) in [6, 6.07) is 0.430. The second kappa shape index (κ2) is 6.71. The van der Waals surface area contributed by atoms with Gasteiger partial charge in [-0.05, 0) is 48.7 Å². The van der Waals surface area contributed by atoms with Crippen molar-refractivity contribution >= 4 is 15.9 Å². The van der Waals surface area contributed by atoms with E-state index in [0.29, 0.717) is 6.04 Å². The van der Waals surface area contributed by atoms with Crippen molar-refractivity contribution in [3.63, 3.8) is 0 Å². The molecule has 102 valence electrons. The van der Waals surface area contributed by atoms with Crippen LogP contribution in [0.5, 0.6) is 0 Å². The van der Waals surface area contributed by atoms with Gasteiger partial charge in [-0.1, -0.05) is 25.7 Å². The van der Waals surface area contributed by atoms with E-state index in [1.54, 1.807) is 0 Å². The van der Waals surface area contributed by atoms with Gasteiger partial charge in [0, 0.05) is 6.54 Å². The Kier molecular flexibility index (Phi) is 5.25. The maximum absolute atomic E-state index is 4.45. The van der Waals surface area contributed by atoms with E-state index < -0.39 is 0 Å². The summed E-state index contributed by atoms with van der Waals surface area (Å²) < 4.78 is 3.27. The summed E-state index contributed by atoms with van der Waals surface area (Å²) in [6.45, 7) is 3.09. The average Bonchev–Trinajstić information content (AvgIpc) is 2.60. The van der Waals surface area contributed by atoms with E-state index in [-0.39, 0.29) is 0 Å². The number of hydrogen-bond acceptors (Lipinski definition) is 2. The summed E-state index contributed by atoms with van der Waals surface area (Å²) in [4.78, 5) is 0. The quantitative estimate of drug-likeness (QED) is 0.854. The summed E-state index contributed by atoms with van der Waals surface area (Å²) in [7, 11) is 2.08. The lowest BCUT2D eigenvalue weighted by Gasteiger charge is -2.27. The molecule has 1 aliphatic carbocycles. The summed E-state index contributed by atoms with van der Waals surface area (Å²) in [5, 5.41) is 7.98. The Morgan fingerprint density at radius 3 is 2.61 bits per heavy atom. The van der Waals surface area contributed by atoms with Gasteiger partial charge >= 0.3 is 0 Å². The SMILES string of the molecule is CCn1ncc(Br)c1C(NC)C1CCCCCC1. The topological polar surface area (TPSA) is 29.9 Å². The van der Waals surface area contributed by atoms with Crippen LogP contribution in [-0.2, 0) is 6.54 Å². The fourth-order valence-corrected chi connectivity index (χ4v) is 3.72. The molecule has 0 amide bonds. The van der Waals surface area contributed by atoms with Crippen LogP contribution in [0.2, 0.25) is 0 Å². The molecular weight excluding hydrogens is 290 g/mol. The molecule has 1 unspecified atom stereocenters. The zero-order chi connectivity index (χ0) is 13.0. The van der Waals surface area contributed by atoms with E-state index in [0.717, 1.165) is 16.9 Å². The number of nitrogens with one attached hydrogen (secondary N) is 1. The molecule has 4 heteroatoms. The molecule has 0 aliphatic heterocycles. The number of aromatic nitrogens is 2. The maximum atomic E-state index is 4.45. The molecule has 0 bridgehead atoms. The monoisotopic (exact) mass is 313 g/mol. The highest BCUT2D eigenvalue weighted by Crippen LogP contribution is 2.36. The second-order valence-electron chi connectivity index (χ2n) is 5.21. The van der Waals surface area contributed by atoms with Gasteiger partial charge in [0.25, 0.3) is 0 Å². The standard InChI is InChI=1S/C14H24BrN3/c1-3-18-14(12(15)10-17-18)13(16-2)11-8-6-4-5-7-9-11/h10-11,13,16H,3-9H2,1-2H3. The van der Waals surface area contributed by atoms with Crippen molar-refractivity contribution in [1.29, 1.82) is 0 Å². The number of hydrogen-bond donors (Lipinski definition) is 1. The fourth-order valence-electron chi connectivity index (χ4n) is 3.17. The highest BCUT2D eigenvalue weighted by Gasteiger charge is 2.27. The van der Waals surface area contributed by atoms with Crippen LogP contribution < -0.4 is 5.32 Å². The first-order valence-corrected chi connectivity index (χ1v) is 7.95. The summed E-state index contributed by atoms with van der Waals surface area (Å²) in [5.41, 5.74) is 1.33. The van der Waals surface area contributed by atoms with E-state index in [1.165, 1.54) is 44.2 Å². The first-order chi connectivity index (χ1) is 8.77. The van der Waals surface area contributed by atoms with Gasteiger partial charge in [0.05, 0.1) is 22.4 Å². The zero-order valence-corrected chi connectivity index (χ0v) is 13.0. The van der Waals surface area contributed by atoms with Gasteiger partial charge in [-0.2, -0.15) is 5.10 Å². The Labute approximate surface area is 118 Å². The molecule has 18 heavy (non-hydrogen) atoms. The third-order valence-corrected chi connectivity index (χ3v) is 4.72. The van der Waals surface area contributed by atoms with Crippen molar-refractivity contribution in [3.8, 4) is 0 Å². The Balaban J connectivity index is 2.23. The lowest BCUT2D eigenvalue weighted by Crippen LogP contribution is -2.28. The van der Waals surface area contributed by atoms with E-state index in [4.69, 9.17) is 0 Å². The van der Waals surface area contributed by atoms with Gasteiger partial charge in [-0.25, -0.2) is 0 Å². The molecule has 3 nitrogen and oxygen atoms in total. The minimum atomic E-state index is 0.430.